The first-order valence-corrected chi connectivity index (χ1v) is 6.20. The Balaban J connectivity index is 1.96. The smallest absolute Gasteiger partial charge is 0.323 e. The molecule has 100 valence electrons. The highest BCUT2D eigenvalue weighted by molar-refractivity contribution is 5.88. The molecule has 0 aliphatic carbocycles. The van der Waals surface area contributed by atoms with Gasteiger partial charge < -0.3 is 14.7 Å². The van der Waals surface area contributed by atoms with E-state index < -0.39 is 0 Å². The van der Waals surface area contributed by atoms with Crippen LogP contribution in [0.5, 0.6) is 0 Å². The molecule has 1 aliphatic heterocycles. The van der Waals surface area contributed by atoms with Crippen molar-refractivity contribution in [3.8, 4) is 0 Å². The number of amides is 2. The second kappa shape index (κ2) is 4.97. The van der Waals surface area contributed by atoms with E-state index in [4.69, 9.17) is 4.52 Å². The molecule has 6 heteroatoms. The summed E-state index contributed by atoms with van der Waals surface area (Å²) >= 11 is 0. The fourth-order valence-corrected chi connectivity index (χ4v) is 1.74. The molecule has 18 heavy (non-hydrogen) atoms. The molecule has 0 atom stereocenters. The van der Waals surface area contributed by atoms with Crippen LogP contribution in [-0.2, 0) is 5.41 Å². The van der Waals surface area contributed by atoms with Crippen molar-refractivity contribution in [1.82, 2.24) is 15.4 Å². The maximum absolute atomic E-state index is 11.9. The Labute approximate surface area is 107 Å². The van der Waals surface area contributed by atoms with Crippen molar-refractivity contribution in [2.24, 2.45) is 0 Å². The minimum absolute atomic E-state index is 0.106. The molecule has 0 unspecified atom stereocenters. The van der Waals surface area contributed by atoms with Gasteiger partial charge in [0, 0.05) is 37.7 Å². The Bertz CT molecular complexity index is 416. The molecule has 0 aromatic carbocycles. The highest BCUT2D eigenvalue weighted by atomic mass is 16.5. The van der Waals surface area contributed by atoms with Gasteiger partial charge in [0.2, 0.25) is 0 Å². The summed E-state index contributed by atoms with van der Waals surface area (Å²) in [5, 5.41) is 9.83. The number of nitrogens with one attached hydrogen (secondary N) is 2. The number of urea groups is 1. The van der Waals surface area contributed by atoms with Crippen molar-refractivity contribution in [3.05, 3.63) is 11.8 Å². The molecule has 0 spiro atoms. The SMILES string of the molecule is CC(C)(C)c1cc(NC(=O)N2CCNCC2)no1. The summed E-state index contributed by atoms with van der Waals surface area (Å²) < 4.78 is 5.22. The molecule has 1 aliphatic rings. The highest BCUT2D eigenvalue weighted by Crippen LogP contribution is 2.24. The number of hydrogen-bond donors (Lipinski definition) is 2. The molecule has 1 aromatic rings. The van der Waals surface area contributed by atoms with Crippen LogP contribution in [0.15, 0.2) is 10.6 Å². The number of aromatic nitrogens is 1. The molecule has 6 nitrogen and oxygen atoms in total. The van der Waals surface area contributed by atoms with Crippen molar-refractivity contribution in [1.29, 1.82) is 0 Å². The van der Waals surface area contributed by atoms with Crippen LogP contribution in [0, 0.1) is 0 Å². The lowest BCUT2D eigenvalue weighted by atomic mass is 9.93. The number of carbonyl (C=O) groups is 1. The number of nitrogens with zero attached hydrogens (tertiary/aromatic N) is 2. The van der Waals surface area contributed by atoms with Crippen LogP contribution in [-0.4, -0.2) is 42.3 Å². The largest absolute Gasteiger partial charge is 0.359 e. The molecule has 0 radical (unpaired) electrons. The molecule has 0 bridgehead atoms. The van der Waals surface area contributed by atoms with E-state index in [1.165, 1.54) is 0 Å². The molecule has 2 heterocycles. The van der Waals surface area contributed by atoms with Crippen molar-refractivity contribution >= 4 is 11.8 Å². The van der Waals surface area contributed by atoms with Crippen molar-refractivity contribution in [3.63, 3.8) is 0 Å². The Kier molecular flexibility index (Phi) is 3.56. The van der Waals surface area contributed by atoms with Gasteiger partial charge >= 0.3 is 6.03 Å². The average Bonchev–Trinajstić information content (AvgIpc) is 2.78. The molecule has 1 aromatic heterocycles. The van der Waals surface area contributed by atoms with Gasteiger partial charge in [-0.25, -0.2) is 4.79 Å². The number of carbonyl (C=O) groups excluding carboxylic acids is 1. The second-order valence-corrected chi connectivity index (χ2v) is 5.49. The first-order valence-electron chi connectivity index (χ1n) is 6.20. The first-order chi connectivity index (χ1) is 8.47. The summed E-state index contributed by atoms with van der Waals surface area (Å²) in [6, 6.07) is 1.66. The third-order valence-corrected chi connectivity index (χ3v) is 2.89. The molecule has 2 N–H and O–H groups in total. The van der Waals surface area contributed by atoms with E-state index in [0.717, 1.165) is 31.9 Å². The normalized spacial score (nSPS) is 16.7. The Morgan fingerprint density at radius 2 is 2.11 bits per heavy atom. The molecular formula is C12H20N4O2. The molecular weight excluding hydrogens is 232 g/mol. The van der Waals surface area contributed by atoms with Crippen LogP contribution in [0.3, 0.4) is 0 Å². The maximum Gasteiger partial charge on any atom is 0.323 e. The van der Waals surface area contributed by atoms with E-state index in [9.17, 15) is 4.79 Å². The average molecular weight is 252 g/mol. The van der Waals surface area contributed by atoms with Gasteiger partial charge in [-0.1, -0.05) is 25.9 Å². The Hall–Kier alpha value is -1.56. The predicted octanol–water partition coefficient (Wildman–Crippen LogP) is 1.41. The van der Waals surface area contributed by atoms with Crippen molar-refractivity contribution in [2.45, 2.75) is 26.2 Å². The van der Waals surface area contributed by atoms with Gasteiger partial charge in [0.15, 0.2) is 5.82 Å². The summed E-state index contributed by atoms with van der Waals surface area (Å²) in [6.07, 6.45) is 0. The standard InChI is InChI=1S/C12H20N4O2/c1-12(2,3)9-8-10(15-18-9)14-11(17)16-6-4-13-5-7-16/h8,13H,4-7H2,1-3H3,(H,14,15,17). The maximum atomic E-state index is 11.9. The minimum Gasteiger partial charge on any atom is -0.359 e. The second-order valence-electron chi connectivity index (χ2n) is 5.49. The number of anilines is 1. The summed E-state index contributed by atoms with van der Waals surface area (Å²) in [6.45, 7) is 9.21. The number of piperazine rings is 1. The van der Waals surface area contributed by atoms with Gasteiger partial charge in [-0.3, -0.25) is 5.32 Å². The fourth-order valence-electron chi connectivity index (χ4n) is 1.74. The van der Waals surface area contributed by atoms with Gasteiger partial charge in [-0.05, 0) is 0 Å². The summed E-state index contributed by atoms with van der Waals surface area (Å²) in [4.78, 5) is 13.7. The zero-order valence-electron chi connectivity index (χ0n) is 11.1. The van der Waals surface area contributed by atoms with E-state index in [2.05, 4.69) is 15.8 Å². The van der Waals surface area contributed by atoms with E-state index in [0.29, 0.717) is 5.82 Å². The number of rotatable bonds is 1. The molecule has 1 fully saturated rings. The van der Waals surface area contributed by atoms with Crippen LogP contribution in [0.1, 0.15) is 26.5 Å². The lowest BCUT2D eigenvalue weighted by Gasteiger charge is -2.26. The molecule has 2 amide bonds. The molecule has 1 saturated heterocycles. The lowest BCUT2D eigenvalue weighted by Crippen LogP contribution is -2.48. The topological polar surface area (TPSA) is 70.4 Å². The third kappa shape index (κ3) is 3.01. The van der Waals surface area contributed by atoms with E-state index in [-0.39, 0.29) is 11.4 Å². The van der Waals surface area contributed by atoms with Crippen LogP contribution in [0.4, 0.5) is 10.6 Å². The zero-order chi connectivity index (χ0) is 13.2. The fraction of sp³-hybridized carbons (Fsp3) is 0.667. The van der Waals surface area contributed by atoms with Crippen LogP contribution >= 0.6 is 0 Å². The van der Waals surface area contributed by atoms with Gasteiger partial charge in [0.25, 0.3) is 0 Å². The Morgan fingerprint density at radius 1 is 1.44 bits per heavy atom. The lowest BCUT2D eigenvalue weighted by molar-refractivity contribution is 0.203. The summed E-state index contributed by atoms with van der Waals surface area (Å²) in [5.41, 5.74) is -0.106. The molecule has 2 rings (SSSR count). The summed E-state index contributed by atoms with van der Waals surface area (Å²) in [5.74, 6) is 1.24. The van der Waals surface area contributed by atoms with Crippen molar-refractivity contribution < 1.29 is 9.32 Å². The minimum atomic E-state index is -0.120. The predicted molar refractivity (Wildman–Crippen MR) is 68.7 cm³/mol. The van der Waals surface area contributed by atoms with E-state index in [1.54, 1.807) is 11.0 Å². The van der Waals surface area contributed by atoms with Crippen molar-refractivity contribution in [2.75, 3.05) is 31.5 Å². The monoisotopic (exact) mass is 252 g/mol. The van der Waals surface area contributed by atoms with E-state index >= 15 is 0 Å². The highest BCUT2D eigenvalue weighted by Gasteiger charge is 2.22. The van der Waals surface area contributed by atoms with Gasteiger partial charge in [-0.15, -0.1) is 0 Å². The van der Waals surface area contributed by atoms with Gasteiger partial charge in [0.05, 0.1) is 0 Å². The quantitative estimate of drug-likeness (QED) is 0.792. The van der Waals surface area contributed by atoms with Gasteiger partial charge in [-0.2, -0.15) is 0 Å². The van der Waals surface area contributed by atoms with E-state index in [1.807, 2.05) is 20.8 Å². The Morgan fingerprint density at radius 3 is 2.67 bits per heavy atom. The first kappa shape index (κ1) is 12.9. The molecule has 0 saturated carbocycles. The zero-order valence-corrected chi connectivity index (χ0v) is 11.1. The van der Waals surface area contributed by atoms with Crippen LogP contribution < -0.4 is 10.6 Å². The van der Waals surface area contributed by atoms with Crippen LogP contribution in [0.25, 0.3) is 0 Å². The summed E-state index contributed by atoms with van der Waals surface area (Å²) in [7, 11) is 0. The third-order valence-electron chi connectivity index (χ3n) is 2.89. The number of hydrogen-bond acceptors (Lipinski definition) is 4. The van der Waals surface area contributed by atoms with Crippen LogP contribution in [0.2, 0.25) is 0 Å². The van der Waals surface area contributed by atoms with Gasteiger partial charge in [0.1, 0.15) is 5.76 Å².